The van der Waals surface area contributed by atoms with E-state index in [2.05, 4.69) is 11.9 Å². The second kappa shape index (κ2) is 5.19. The van der Waals surface area contributed by atoms with Gasteiger partial charge in [0, 0.05) is 24.3 Å². The van der Waals surface area contributed by atoms with Crippen LogP contribution in [0.25, 0.3) is 0 Å². The molecule has 1 N–H and O–H groups in total. The summed E-state index contributed by atoms with van der Waals surface area (Å²) in [5, 5.41) is 0. The molecule has 0 spiro atoms. The molecule has 19 heavy (non-hydrogen) atoms. The average molecular weight is 262 g/mol. The largest absolute Gasteiger partial charge is 0.354 e. The van der Waals surface area contributed by atoms with Crippen LogP contribution in [0.5, 0.6) is 0 Å². The van der Waals surface area contributed by atoms with E-state index in [1.165, 1.54) is 6.42 Å². The molecule has 4 heteroatoms. The van der Waals surface area contributed by atoms with Crippen molar-refractivity contribution in [2.24, 2.45) is 5.92 Å². The van der Waals surface area contributed by atoms with Crippen LogP contribution in [0, 0.1) is 19.8 Å². The number of amides is 1. The Balaban J connectivity index is 2.29. The maximum atomic E-state index is 12.5. The van der Waals surface area contributed by atoms with Crippen LogP contribution in [-0.4, -0.2) is 34.7 Å². The van der Waals surface area contributed by atoms with E-state index in [0.717, 1.165) is 30.8 Å². The van der Waals surface area contributed by atoms with Crippen molar-refractivity contribution < 1.29 is 9.59 Å². The van der Waals surface area contributed by atoms with Gasteiger partial charge in [0.25, 0.3) is 5.91 Å². The molecule has 4 nitrogen and oxygen atoms in total. The molecule has 1 fully saturated rings. The van der Waals surface area contributed by atoms with Crippen LogP contribution in [-0.2, 0) is 0 Å². The zero-order valence-corrected chi connectivity index (χ0v) is 12.2. The number of carbonyl (C=O) groups is 2. The number of hydrogen-bond donors (Lipinski definition) is 1. The second-order valence-electron chi connectivity index (χ2n) is 5.68. The molecule has 1 atom stereocenters. The average Bonchev–Trinajstić information content (AvgIpc) is 2.63. The predicted molar refractivity (Wildman–Crippen MR) is 74.6 cm³/mol. The molecule has 1 aliphatic heterocycles. The van der Waals surface area contributed by atoms with Gasteiger partial charge in [0.15, 0.2) is 5.78 Å². The van der Waals surface area contributed by atoms with E-state index >= 15 is 0 Å². The highest BCUT2D eigenvalue weighted by atomic mass is 16.2. The number of hydrogen-bond acceptors (Lipinski definition) is 2. The summed E-state index contributed by atoms with van der Waals surface area (Å²) in [7, 11) is 0. The number of H-pyrrole nitrogens is 1. The number of aryl methyl sites for hydroxylation is 1. The van der Waals surface area contributed by atoms with E-state index in [1.54, 1.807) is 6.92 Å². The molecule has 0 bridgehead atoms. The van der Waals surface area contributed by atoms with Crippen LogP contribution in [0.1, 0.15) is 58.8 Å². The zero-order chi connectivity index (χ0) is 14.2. The zero-order valence-electron chi connectivity index (χ0n) is 12.2. The number of aromatic nitrogens is 1. The lowest BCUT2D eigenvalue weighted by atomic mass is 9.99. The van der Waals surface area contributed by atoms with Gasteiger partial charge in [-0.15, -0.1) is 0 Å². The summed E-state index contributed by atoms with van der Waals surface area (Å²) in [6.07, 6.45) is 2.25. The lowest BCUT2D eigenvalue weighted by Crippen LogP contribution is -2.39. The van der Waals surface area contributed by atoms with Crippen molar-refractivity contribution in [3.63, 3.8) is 0 Å². The summed E-state index contributed by atoms with van der Waals surface area (Å²) >= 11 is 0. The van der Waals surface area contributed by atoms with Crippen molar-refractivity contribution in [3.05, 3.63) is 22.5 Å². The fourth-order valence-corrected chi connectivity index (χ4v) is 3.02. The second-order valence-corrected chi connectivity index (χ2v) is 5.68. The highest BCUT2D eigenvalue weighted by Crippen LogP contribution is 2.22. The molecule has 1 aromatic heterocycles. The van der Waals surface area contributed by atoms with Gasteiger partial charge >= 0.3 is 0 Å². The highest BCUT2D eigenvalue weighted by molar-refractivity contribution is 6.02. The number of likely N-dealkylation sites (tertiary alicyclic amines) is 1. The van der Waals surface area contributed by atoms with Gasteiger partial charge in [-0.25, -0.2) is 0 Å². The number of aromatic amines is 1. The predicted octanol–water partition coefficient (Wildman–Crippen LogP) is 2.71. The Bertz CT molecular complexity index is 516. The SMILES string of the molecule is CC(=O)c1c(C)[nH]c(C(=O)N2CCC[C@H](C)C2)c1C. The third-order valence-corrected chi connectivity index (χ3v) is 3.95. The lowest BCUT2D eigenvalue weighted by molar-refractivity contribution is 0.0677. The summed E-state index contributed by atoms with van der Waals surface area (Å²) in [4.78, 5) is 29.1. The molecule has 1 amide bonds. The van der Waals surface area contributed by atoms with Gasteiger partial charge in [-0.2, -0.15) is 0 Å². The van der Waals surface area contributed by atoms with Crippen molar-refractivity contribution >= 4 is 11.7 Å². The van der Waals surface area contributed by atoms with Crippen LogP contribution in [0.2, 0.25) is 0 Å². The molecule has 2 heterocycles. The fraction of sp³-hybridized carbons (Fsp3) is 0.600. The number of piperidine rings is 1. The van der Waals surface area contributed by atoms with Crippen LogP contribution in [0.3, 0.4) is 0 Å². The summed E-state index contributed by atoms with van der Waals surface area (Å²) in [5.74, 6) is 0.596. The monoisotopic (exact) mass is 262 g/mol. The number of nitrogens with one attached hydrogen (secondary N) is 1. The lowest BCUT2D eigenvalue weighted by Gasteiger charge is -2.30. The standard InChI is InChI=1S/C15H22N2O2/c1-9-6-5-7-17(8-9)15(19)14-10(2)13(12(4)18)11(3)16-14/h9,16H,5-8H2,1-4H3/t9-/m0/s1. The maximum absolute atomic E-state index is 12.5. The topological polar surface area (TPSA) is 53.2 Å². The minimum absolute atomic E-state index is 0.0114. The molecule has 2 rings (SSSR count). The summed E-state index contributed by atoms with van der Waals surface area (Å²) in [6.45, 7) is 9.04. The smallest absolute Gasteiger partial charge is 0.270 e. The van der Waals surface area contributed by atoms with E-state index in [1.807, 2.05) is 18.7 Å². The molecule has 104 valence electrons. The van der Waals surface area contributed by atoms with Crippen molar-refractivity contribution in [3.8, 4) is 0 Å². The van der Waals surface area contributed by atoms with Crippen molar-refractivity contribution in [2.45, 2.75) is 40.5 Å². The normalized spacial score (nSPS) is 19.6. The van der Waals surface area contributed by atoms with E-state index in [4.69, 9.17) is 0 Å². The van der Waals surface area contributed by atoms with Crippen molar-refractivity contribution in [2.75, 3.05) is 13.1 Å². The molecular formula is C15H22N2O2. The Labute approximate surface area is 114 Å². The van der Waals surface area contributed by atoms with Crippen LogP contribution < -0.4 is 0 Å². The molecule has 0 unspecified atom stereocenters. The number of Topliss-reactive ketones (excluding diaryl/α,β-unsaturated/α-hetero) is 1. The van der Waals surface area contributed by atoms with E-state index in [-0.39, 0.29) is 11.7 Å². The Kier molecular flexibility index (Phi) is 3.78. The quantitative estimate of drug-likeness (QED) is 0.833. The molecule has 0 saturated carbocycles. The Morgan fingerprint density at radius 1 is 1.32 bits per heavy atom. The van der Waals surface area contributed by atoms with Crippen LogP contribution in [0.4, 0.5) is 0 Å². The van der Waals surface area contributed by atoms with Gasteiger partial charge in [-0.05, 0) is 45.1 Å². The minimum atomic E-state index is 0.0114. The maximum Gasteiger partial charge on any atom is 0.270 e. The van der Waals surface area contributed by atoms with Gasteiger partial charge in [-0.3, -0.25) is 9.59 Å². The van der Waals surface area contributed by atoms with Crippen molar-refractivity contribution in [1.29, 1.82) is 0 Å². The van der Waals surface area contributed by atoms with Gasteiger partial charge in [-0.1, -0.05) is 6.92 Å². The first-order chi connectivity index (χ1) is 8.91. The Morgan fingerprint density at radius 2 is 2.00 bits per heavy atom. The molecule has 1 aromatic rings. The van der Waals surface area contributed by atoms with Gasteiger partial charge < -0.3 is 9.88 Å². The first kappa shape index (κ1) is 13.8. The summed E-state index contributed by atoms with van der Waals surface area (Å²) in [5.41, 5.74) is 2.82. The highest BCUT2D eigenvalue weighted by Gasteiger charge is 2.26. The van der Waals surface area contributed by atoms with E-state index in [0.29, 0.717) is 17.2 Å². The number of rotatable bonds is 2. The minimum Gasteiger partial charge on any atom is -0.354 e. The third kappa shape index (κ3) is 2.57. The molecule has 0 aromatic carbocycles. The third-order valence-electron chi connectivity index (χ3n) is 3.95. The van der Waals surface area contributed by atoms with Crippen molar-refractivity contribution in [1.82, 2.24) is 9.88 Å². The molecular weight excluding hydrogens is 240 g/mol. The van der Waals surface area contributed by atoms with Crippen LogP contribution >= 0.6 is 0 Å². The van der Waals surface area contributed by atoms with Gasteiger partial charge in [0.2, 0.25) is 0 Å². The first-order valence-electron chi connectivity index (χ1n) is 6.91. The summed E-state index contributed by atoms with van der Waals surface area (Å²) < 4.78 is 0. The molecule has 0 radical (unpaired) electrons. The van der Waals surface area contributed by atoms with E-state index in [9.17, 15) is 9.59 Å². The Hall–Kier alpha value is -1.58. The Morgan fingerprint density at radius 3 is 2.53 bits per heavy atom. The first-order valence-corrected chi connectivity index (χ1v) is 6.91. The molecule has 1 aliphatic rings. The summed E-state index contributed by atoms with van der Waals surface area (Å²) in [6, 6.07) is 0. The van der Waals surface area contributed by atoms with Gasteiger partial charge in [0.05, 0.1) is 0 Å². The fourth-order valence-electron chi connectivity index (χ4n) is 3.02. The van der Waals surface area contributed by atoms with E-state index < -0.39 is 0 Å². The molecule has 1 saturated heterocycles. The number of ketones is 1. The number of nitrogens with zero attached hydrogens (tertiary/aromatic N) is 1. The van der Waals surface area contributed by atoms with Crippen LogP contribution in [0.15, 0.2) is 0 Å². The number of carbonyl (C=O) groups excluding carboxylic acids is 2. The van der Waals surface area contributed by atoms with Gasteiger partial charge in [0.1, 0.15) is 5.69 Å². The molecule has 0 aliphatic carbocycles.